The first-order chi connectivity index (χ1) is 9.57. The average Bonchev–Trinajstić information content (AvgIpc) is 3.02. The quantitative estimate of drug-likeness (QED) is 0.882. The van der Waals surface area contributed by atoms with Crippen LogP contribution in [0.2, 0.25) is 5.02 Å². The van der Waals surface area contributed by atoms with Crippen LogP contribution in [0.1, 0.15) is 32.6 Å². The minimum Gasteiger partial charge on any atom is -0.398 e. The van der Waals surface area contributed by atoms with E-state index in [-0.39, 0.29) is 5.41 Å². The number of benzene rings is 1. The number of halogens is 1. The summed E-state index contributed by atoms with van der Waals surface area (Å²) in [6.07, 6.45) is 5.01. The van der Waals surface area contributed by atoms with Crippen molar-refractivity contribution in [1.29, 1.82) is 0 Å². The van der Waals surface area contributed by atoms with Crippen molar-refractivity contribution in [2.24, 2.45) is 5.41 Å². The van der Waals surface area contributed by atoms with Gasteiger partial charge in [-0.15, -0.1) is 5.10 Å². The van der Waals surface area contributed by atoms with Crippen molar-refractivity contribution in [3.05, 3.63) is 23.2 Å². The van der Waals surface area contributed by atoms with E-state index in [9.17, 15) is 0 Å². The summed E-state index contributed by atoms with van der Waals surface area (Å²) in [5, 5.41) is 12.7. The molecule has 6 heteroatoms. The van der Waals surface area contributed by atoms with Crippen LogP contribution in [0, 0.1) is 5.41 Å². The number of aromatic nitrogens is 4. The molecule has 0 unspecified atom stereocenters. The van der Waals surface area contributed by atoms with Gasteiger partial charge in [0.05, 0.1) is 6.54 Å². The van der Waals surface area contributed by atoms with Gasteiger partial charge in [-0.1, -0.05) is 31.4 Å². The highest BCUT2D eigenvalue weighted by Gasteiger charge is 2.30. The molecule has 1 aliphatic carbocycles. The van der Waals surface area contributed by atoms with E-state index < -0.39 is 0 Å². The Labute approximate surface area is 123 Å². The second-order valence-electron chi connectivity index (χ2n) is 5.91. The Bertz CT molecular complexity index is 616. The number of tetrazole rings is 1. The number of hydrogen-bond acceptors (Lipinski definition) is 4. The molecule has 1 aromatic heterocycles. The molecule has 0 bridgehead atoms. The van der Waals surface area contributed by atoms with E-state index in [1.165, 1.54) is 25.7 Å². The highest BCUT2D eigenvalue weighted by atomic mass is 35.5. The maximum Gasteiger partial charge on any atom is 0.184 e. The first-order valence-corrected chi connectivity index (χ1v) is 7.27. The molecule has 1 saturated carbocycles. The maximum absolute atomic E-state index is 6.05. The molecule has 0 aliphatic heterocycles. The second kappa shape index (κ2) is 5.05. The zero-order valence-electron chi connectivity index (χ0n) is 11.5. The van der Waals surface area contributed by atoms with Crippen molar-refractivity contribution in [2.75, 3.05) is 5.73 Å². The molecular weight excluding hydrogens is 274 g/mol. The molecule has 5 nitrogen and oxygen atoms in total. The molecule has 106 valence electrons. The van der Waals surface area contributed by atoms with Crippen LogP contribution in [0.25, 0.3) is 11.4 Å². The largest absolute Gasteiger partial charge is 0.398 e. The molecule has 3 rings (SSSR count). The number of anilines is 1. The molecule has 2 N–H and O–H groups in total. The van der Waals surface area contributed by atoms with Crippen LogP contribution in [0.3, 0.4) is 0 Å². The SMILES string of the molecule is CC1(Cn2nnnc2-c2cc(Cl)ccc2N)CCCC1. The molecule has 1 aliphatic rings. The fourth-order valence-corrected chi connectivity index (χ4v) is 3.15. The Balaban J connectivity index is 1.95. The van der Waals surface area contributed by atoms with Crippen LogP contribution in [-0.4, -0.2) is 20.2 Å². The van der Waals surface area contributed by atoms with E-state index in [0.29, 0.717) is 16.5 Å². The van der Waals surface area contributed by atoms with Crippen LogP contribution in [0.5, 0.6) is 0 Å². The summed E-state index contributed by atoms with van der Waals surface area (Å²) >= 11 is 6.05. The van der Waals surface area contributed by atoms with E-state index in [2.05, 4.69) is 22.4 Å². The standard InChI is InChI=1S/C14H18ClN5/c1-14(6-2-3-7-14)9-20-13(17-18-19-20)11-8-10(15)4-5-12(11)16/h4-5,8H,2-3,6-7,9,16H2,1H3. The normalized spacial score (nSPS) is 17.5. The Morgan fingerprint density at radius 3 is 2.85 bits per heavy atom. The molecule has 0 amide bonds. The number of nitrogens with two attached hydrogens (primary N) is 1. The van der Waals surface area contributed by atoms with Gasteiger partial charge in [0.15, 0.2) is 5.82 Å². The third kappa shape index (κ3) is 2.50. The van der Waals surface area contributed by atoms with Crippen LogP contribution in [-0.2, 0) is 6.54 Å². The molecule has 1 aromatic carbocycles. The van der Waals surface area contributed by atoms with Gasteiger partial charge in [0.25, 0.3) is 0 Å². The number of rotatable bonds is 3. The summed E-state index contributed by atoms with van der Waals surface area (Å²) in [6.45, 7) is 3.12. The van der Waals surface area contributed by atoms with Gasteiger partial charge in [-0.05, 0) is 46.9 Å². The molecular formula is C14H18ClN5. The number of hydrogen-bond donors (Lipinski definition) is 1. The second-order valence-corrected chi connectivity index (χ2v) is 6.35. The molecule has 20 heavy (non-hydrogen) atoms. The van der Waals surface area contributed by atoms with Crippen molar-refractivity contribution < 1.29 is 0 Å². The van der Waals surface area contributed by atoms with Crippen molar-refractivity contribution >= 4 is 17.3 Å². The highest BCUT2D eigenvalue weighted by molar-refractivity contribution is 6.31. The molecule has 2 aromatic rings. The summed E-state index contributed by atoms with van der Waals surface area (Å²) in [6, 6.07) is 5.37. The molecule has 1 fully saturated rings. The van der Waals surface area contributed by atoms with Crippen LogP contribution in [0.4, 0.5) is 5.69 Å². The van der Waals surface area contributed by atoms with Crippen molar-refractivity contribution in [3.63, 3.8) is 0 Å². The summed E-state index contributed by atoms with van der Waals surface area (Å²) in [4.78, 5) is 0. The predicted molar refractivity (Wildman–Crippen MR) is 79.3 cm³/mol. The van der Waals surface area contributed by atoms with Gasteiger partial charge in [0.1, 0.15) is 0 Å². The van der Waals surface area contributed by atoms with Gasteiger partial charge in [0.2, 0.25) is 0 Å². The predicted octanol–water partition coefficient (Wildman–Crippen LogP) is 3.16. The molecule has 1 heterocycles. The lowest BCUT2D eigenvalue weighted by Crippen LogP contribution is -2.21. The van der Waals surface area contributed by atoms with Gasteiger partial charge in [-0.3, -0.25) is 0 Å². The van der Waals surface area contributed by atoms with E-state index in [0.717, 1.165) is 12.1 Å². The summed E-state index contributed by atoms with van der Waals surface area (Å²) < 4.78 is 1.85. The zero-order chi connectivity index (χ0) is 14.2. The maximum atomic E-state index is 6.05. The lowest BCUT2D eigenvalue weighted by atomic mass is 9.89. The third-order valence-corrected chi connectivity index (χ3v) is 4.37. The molecule has 0 radical (unpaired) electrons. The third-order valence-electron chi connectivity index (χ3n) is 4.13. The molecule has 0 saturated heterocycles. The average molecular weight is 292 g/mol. The Kier molecular flexibility index (Phi) is 3.38. The Morgan fingerprint density at radius 1 is 1.35 bits per heavy atom. The first-order valence-electron chi connectivity index (χ1n) is 6.89. The molecule has 0 atom stereocenters. The van der Waals surface area contributed by atoms with Gasteiger partial charge < -0.3 is 5.73 Å². The van der Waals surface area contributed by atoms with Gasteiger partial charge in [0, 0.05) is 16.3 Å². The van der Waals surface area contributed by atoms with E-state index in [1.807, 2.05) is 10.7 Å². The lowest BCUT2D eigenvalue weighted by Gasteiger charge is -2.23. The first kappa shape index (κ1) is 13.4. The van der Waals surface area contributed by atoms with Crippen LogP contribution < -0.4 is 5.73 Å². The number of nitrogen functional groups attached to an aromatic ring is 1. The fraction of sp³-hybridized carbons (Fsp3) is 0.500. The summed E-state index contributed by atoms with van der Waals surface area (Å²) in [5.74, 6) is 0.693. The van der Waals surface area contributed by atoms with Crippen molar-refractivity contribution in [2.45, 2.75) is 39.2 Å². The van der Waals surface area contributed by atoms with E-state index in [1.54, 1.807) is 12.1 Å². The van der Waals surface area contributed by atoms with Gasteiger partial charge >= 0.3 is 0 Å². The monoisotopic (exact) mass is 291 g/mol. The Hall–Kier alpha value is -1.62. The van der Waals surface area contributed by atoms with Gasteiger partial charge in [-0.2, -0.15) is 0 Å². The Morgan fingerprint density at radius 2 is 2.10 bits per heavy atom. The summed E-state index contributed by atoms with van der Waals surface area (Å²) in [7, 11) is 0. The van der Waals surface area contributed by atoms with E-state index >= 15 is 0 Å². The minimum absolute atomic E-state index is 0.275. The fourth-order valence-electron chi connectivity index (χ4n) is 2.97. The minimum atomic E-state index is 0.275. The lowest BCUT2D eigenvalue weighted by molar-refractivity contribution is 0.267. The molecule has 0 spiro atoms. The van der Waals surface area contributed by atoms with Crippen molar-refractivity contribution in [1.82, 2.24) is 20.2 Å². The highest BCUT2D eigenvalue weighted by Crippen LogP contribution is 2.39. The van der Waals surface area contributed by atoms with E-state index in [4.69, 9.17) is 17.3 Å². The summed E-state index contributed by atoms with van der Waals surface area (Å²) in [5.41, 5.74) is 7.73. The smallest absolute Gasteiger partial charge is 0.184 e. The topological polar surface area (TPSA) is 69.6 Å². The number of nitrogens with zero attached hydrogens (tertiary/aromatic N) is 4. The zero-order valence-corrected chi connectivity index (χ0v) is 12.3. The van der Waals surface area contributed by atoms with Crippen LogP contribution in [0.15, 0.2) is 18.2 Å². The van der Waals surface area contributed by atoms with Crippen molar-refractivity contribution in [3.8, 4) is 11.4 Å². The van der Waals surface area contributed by atoms with Crippen LogP contribution >= 0.6 is 11.6 Å². The van der Waals surface area contributed by atoms with Gasteiger partial charge in [-0.25, -0.2) is 4.68 Å².